The largest absolute Gasteiger partial charge is 0.411 e. The SMILES string of the molecule is O=C(CSc1nnc(-c2ccc3ccccc3c2)o1)Nc1cccc(Cl)c1N1CCCC1. The second-order valence-corrected chi connectivity index (χ2v) is 8.94. The molecule has 2 heterocycles. The van der Waals surface area contributed by atoms with Crippen molar-refractivity contribution >= 4 is 51.4 Å². The third-order valence-electron chi connectivity index (χ3n) is 5.41. The van der Waals surface area contributed by atoms with Gasteiger partial charge in [-0.2, -0.15) is 0 Å². The molecule has 162 valence electrons. The number of thioether (sulfide) groups is 1. The number of benzene rings is 3. The molecule has 5 rings (SSSR count). The van der Waals surface area contributed by atoms with Crippen molar-refractivity contribution < 1.29 is 9.21 Å². The summed E-state index contributed by atoms with van der Waals surface area (Å²) in [5.74, 6) is 0.443. The Labute approximate surface area is 195 Å². The summed E-state index contributed by atoms with van der Waals surface area (Å²) >= 11 is 7.64. The van der Waals surface area contributed by atoms with E-state index in [9.17, 15) is 4.79 Å². The van der Waals surface area contributed by atoms with Gasteiger partial charge >= 0.3 is 0 Å². The molecule has 1 aliphatic rings. The summed E-state index contributed by atoms with van der Waals surface area (Å²) in [7, 11) is 0. The number of hydrogen-bond acceptors (Lipinski definition) is 6. The number of aromatic nitrogens is 2. The minimum Gasteiger partial charge on any atom is -0.411 e. The molecule has 0 bridgehead atoms. The maximum atomic E-state index is 12.6. The number of halogens is 1. The zero-order valence-corrected chi connectivity index (χ0v) is 18.8. The van der Waals surface area contributed by atoms with E-state index in [1.165, 1.54) is 11.8 Å². The Balaban J connectivity index is 1.24. The lowest BCUT2D eigenvalue weighted by molar-refractivity contribution is -0.113. The average Bonchev–Trinajstić information content (AvgIpc) is 3.50. The fraction of sp³-hybridized carbons (Fsp3) is 0.208. The minimum absolute atomic E-state index is 0.150. The van der Waals surface area contributed by atoms with Gasteiger partial charge in [0.05, 0.1) is 22.2 Å². The number of anilines is 2. The fourth-order valence-corrected chi connectivity index (χ4v) is 4.76. The van der Waals surface area contributed by atoms with E-state index in [1.54, 1.807) is 0 Å². The number of amides is 1. The highest BCUT2D eigenvalue weighted by atomic mass is 35.5. The quantitative estimate of drug-likeness (QED) is 0.359. The van der Waals surface area contributed by atoms with Gasteiger partial charge in [0, 0.05) is 18.7 Å². The number of nitrogens with one attached hydrogen (secondary N) is 1. The van der Waals surface area contributed by atoms with Gasteiger partial charge in [-0.1, -0.05) is 59.8 Å². The van der Waals surface area contributed by atoms with Crippen LogP contribution in [0.3, 0.4) is 0 Å². The number of para-hydroxylation sites is 1. The molecule has 1 aliphatic heterocycles. The predicted molar refractivity (Wildman–Crippen MR) is 129 cm³/mol. The molecule has 4 aromatic rings. The van der Waals surface area contributed by atoms with E-state index in [-0.39, 0.29) is 11.7 Å². The van der Waals surface area contributed by atoms with E-state index in [0.717, 1.165) is 53.6 Å². The van der Waals surface area contributed by atoms with Crippen LogP contribution in [0.1, 0.15) is 12.8 Å². The number of hydrogen-bond donors (Lipinski definition) is 1. The first kappa shape index (κ1) is 20.8. The second kappa shape index (κ2) is 9.22. The molecule has 8 heteroatoms. The van der Waals surface area contributed by atoms with Gasteiger partial charge in [0.25, 0.3) is 5.22 Å². The lowest BCUT2D eigenvalue weighted by Crippen LogP contribution is -2.22. The highest BCUT2D eigenvalue weighted by molar-refractivity contribution is 7.99. The van der Waals surface area contributed by atoms with Crippen molar-refractivity contribution in [1.82, 2.24) is 10.2 Å². The minimum atomic E-state index is -0.150. The predicted octanol–water partition coefficient (Wildman–Crippen LogP) is 5.87. The number of rotatable bonds is 6. The molecule has 1 aromatic heterocycles. The smallest absolute Gasteiger partial charge is 0.277 e. The highest BCUT2D eigenvalue weighted by Gasteiger charge is 2.20. The van der Waals surface area contributed by atoms with Crippen molar-refractivity contribution in [3.05, 3.63) is 65.7 Å². The van der Waals surface area contributed by atoms with Gasteiger partial charge in [-0.05, 0) is 47.9 Å². The van der Waals surface area contributed by atoms with E-state index in [1.807, 2.05) is 54.6 Å². The van der Waals surface area contributed by atoms with Crippen LogP contribution in [0, 0.1) is 0 Å². The summed E-state index contributed by atoms with van der Waals surface area (Å²) in [6.07, 6.45) is 2.26. The highest BCUT2D eigenvalue weighted by Crippen LogP contribution is 2.36. The Bertz CT molecular complexity index is 1270. The van der Waals surface area contributed by atoms with Gasteiger partial charge in [-0.3, -0.25) is 4.79 Å². The third kappa shape index (κ3) is 4.45. The molecular formula is C24H21ClN4O2S. The van der Waals surface area contributed by atoms with Crippen molar-refractivity contribution in [3.8, 4) is 11.5 Å². The van der Waals surface area contributed by atoms with E-state index in [4.69, 9.17) is 16.0 Å². The van der Waals surface area contributed by atoms with Crippen molar-refractivity contribution in [2.24, 2.45) is 0 Å². The first-order valence-corrected chi connectivity index (χ1v) is 11.8. The van der Waals surface area contributed by atoms with Crippen molar-refractivity contribution in [2.45, 2.75) is 18.1 Å². The number of carbonyl (C=O) groups excluding carboxylic acids is 1. The Kier molecular flexibility index (Phi) is 6.01. The first-order valence-electron chi connectivity index (χ1n) is 10.5. The van der Waals surface area contributed by atoms with Crippen molar-refractivity contribution in [1.29, 1.82) is 0 Å². The van der Waals surface area contributed by atoms with Crippen LogP contribution in [0.25, 0.3) is 22.2 Å². The Hall–Kier alpha value is -3.03. The molecule has 1 amide bonds. The standard InChI is InChI=1S/C24H21ClN4O2S/c25-19-8-5-9-20(22(19)29-12-3-4-13-29)26-21(30)15-32-24-28-27-23(31-24)18-11-10-16-6-1-2-7-17(16)14-18/h1-2,5-11,14H,3-4,12-13,15H2,(H,26,30). The third-order valence-corrected chi connectivity index (χ3v) is 6.54. The summed E-state index contributed by atoms with van der Waals surface area (Å²) in [6, 6.07) is 19.7. The van der Waals surface area contributed by atoms with Crippen LogP contribution in [0.4, 0.5) is 11.4 Å². The summed E-state index contributed by atoms with van der Waals surface area (Å²) < 4.78 is 5.77. The lowest BCUT2D eigenvalue weighted by Gasteiger charge is -2.22. The Morgan fingerprint density at radius 2 is 1.84 bits per heavy atom. The summed E-state index contributed by atoms with van der Waals surface area (Å²) in [5.41, 5.74) is 2.47. The maximum Gasteiger partial charge on any atom is 0.277 e. The Morgan fingerprint density at radius 1 is 1.03 bits per heavy atom. The number of nitrogens with zero attached hydrogens (tertiary/aromatic N) is 3. The normalized spacial score (nSPS) is 13.6. The van der Waals surface area contributed by atoms with E-state index in [2.05, 4.69) is 26.5 Å². The van der Waals surface area contributed by atoms with Gasteiger partial charge in [-0.25, -0.2) is 0 Å². The summed E-state index contributed by atoms with van der Waals surface area (Å²) in [4.78, 5) is 14.8. The van der Waals surface area contributed by atoms with Crippen LogP contribution < -0.4 is 10.2 Å². The molecular weight excluding hydrogens is 444 g/mol. The molecule has 1 fully saturated rings. The molecule has 0 saturated carbocycles. The average molecular weight is 465 g/mol. The first-order chi connectivity index (χ1) is 15.7. The van der Waals surface area contributed by atoms with Crippen LogP contribution in [-0.2, 0) is 4.79 Å². The van der Waals surface area contributed by atoms with Gasteiger partial charge in [0.15, 0.2) is 0 Å². The van der Waals surface area contributed by atoms with Crippen LogP contribution in [0.2, 0.25) is 5.02 Å². The molecule has 3 aromatic carbocycles. The van der Waals surface area contributed by atoms with E-state index < -0.39 is 0 Å². The summed E-state index contributed by atoms with van der Waals surface area (Å²) in [6.45, 7) is 1.89. The van der Waals surface area contributed by atoms with Crippen LogP contribution in [0.5, 0.6) is 0 Å². The molecule has 6 nitrogen and oxygen atoms in total. The molecule has 1 N–H and O–H groups in total. The van der Waals surface area contributed by atoms with E-state index >= 15 is 0 Å². The second-order valence-electron chi connectivity index (χ2n) is 7.60. The number of carbonyl (C=O) groups is 1. The lowest BCUT2D eigenvalue weighted by atomic mass is 10.1. The fourth-order valence-electron chi connectivity index (χ4n) is 3.90. The molecule has 0 radical (unpaired) electrons. The molecule has 0 spiro atoms. The monoisotopic (exact) mass is 464 g/mol. The van der Waals surface area contributed by atoms with Crippen LogP contribution >= 0.6 is 23.4 Å². The topological polar surface area (TPSA) is 71.3 Å². The van der Waals surface area contributed by atoms with Gasteiger partial charge in [0.1, 0.15) is 0 Å². The zero-order chi connectivity index (χ0) is 21.9. The van der Waals surface area contributed by atoms with Crippen molar-refractivity contribution in [3.63, 3.8) is 0 Å². The zero-order valence-electron chi connectivity index (χ0n) is 17.3. The molecule has 32 heavy (non-hydrogen) atoms. The van der Waals surface area contributed by atoms with E-state index in [0.29, 0.717) is 16.1 Å². The Morgan fingerprint density at radius 3 is 2.69 bits per heavy atom. The van der Waals surface area contributed by atoms with Crippen LogP contribution in [-0.4, -0.2) is 34.9 Å². The van der Waals surface area contributed by atoms with Crippen molar-refractivity contribution in [2.75, 3.05) is 29.1 Å². The molecule has 0 aliphatic carbocycles. The van der Waals surface area contributed by atoms with Gasteiger partial charge < -0.3 is 14.6 Å². The van der Waals surface area contributed by atoms with Crippen LogP contribution in [0.15, 0.2) is 70.3 Å². The molecule has 0 atom stereocenters. The van der Waals surface area contributed by atoms with Gasteiger partial charge in [-0.15, -0.1) is 10.2 Å². The molecule has 1 saturated heterocycles. The number of fused-ring (bicyclic) bond motifs is 1. The maximum absolute atomic E-state index is 12.6. The summed E-state index contributed by atoms with van der Waals surface area (Å²) in [5, 5.41) is 14.5. The molecule has 0 unspecified atom stereocenters. The van der Waals surface area contributed by atoms with Gasteiger partial charge in [0.2, 0.25) is 11.8 Å².